The summed E-state index contributed by atoms with van der Waals surface area (Å²) in [6.45, 7) is 8.46. The normalized spacial score (nSPS) is 15.9. The van der Waals surface area contributed by atoms with Gasteiger partial charge in [-0.15, -0.1) is 0 Å². The van der Waals surface area contributed by atoms with Crippen LogP contribution in [-0.2, 0) is 9.59 Å². The van der Waals surface area contributed by atoms with E-state index < -0.39 is 5.92 Å². The summed E-state index contributed by atoms with van der Waals surface area (Å²) >= 11 is 0. The fourth-order valence-corrected chi connectivity index (χ4v) is 3.72. The Balaban J connectivity index is 1.71. The lowest BCUT2D eigenvalue weighted by Gasteiger charge is -2.24. The zero-order valence-corrected chi connectivity index (χ0v) is 17.1. The van der Waals surface area contributed by atoms with Crippen molar-refractivity contribution >= 4 is 28.9 Å². The van der Waals surface area contributed by atoms with Gasteiger partial charge >= 0.3 is 0 Å². The third kappa shape index (κ3) is 4.40. The van der Waals surface area contributed by atoms with Gasteiger partial charge in [-0.2, -0.15) is 5.26 Å². The van der Waals surface area contributed by atoms with Gasteiger partial charge in [0.05, 0.1) is 17.6 Å². The highest BCUT2D eigenvalue weighted by Gasteiger charge is 2.35. The summed E-state index contributed by atoms with van der Waals surface area (Å²) in [5, 5.41) is 11.7. The molecule has 0 radical (unpaired) electrons. The Kier molecular flexibility index (Phi) is 6.18. The second-order valence-electron chi connectivity index (χ2n) is 7.23. The topological polar surface area (TPSA) is 76.4 Å². The second kappa shape index (κ2) is 8.78. The monoisotopic (exact) mass is 390 g/mol. The Morgan fingerprint density at radius 1 is 1.21 bits per heavy atom. The molecule has 0 saturated carbocycles. The molecule has 0 aliphatic carbocycles. The van der Waals surface area contributed by atoms with E-state index in [2.05, 4.69) is 30.1 Å². The number of carbonyl (C=O) groups excluding carboxylic acids is 2. The number of hydrogen-bond acceptors (Lipinski definition) is 4. The third-order valence-electron chi connectivity index (χ3n) is 5.38. The van der Waals surface area contributed by atoms with Gasteiger partial charge in [0, 0.05) is 43.1 Å². The zero-order chi connectivity index (χ0) is 21.0. The van der Waals surface area contributed by atoms with E-state index >= 15 is 0 Å². The molecule has 29 heavy (non-hydrogen) atoms. The minimum absolute atomic E-state index is 0.0383. The van der Waals surface area contributed by atoms with E-state index in [0.717, 1.165) is 30.0 Å². The fourth-order valence-electron chi connectivity index (χ4n) is 3.72. The number of nitrogens with one attached hydrogen (secondary N) is 1. The van der Waals surface area contributed by atoms with E-state index in [-0.39, 0.29) is 18.2 Å². The molecule has 1 N–H and O–H groups in total. The van der Waals surface area contributed by atoms with Gasteiger partial charge in [-0.05, 0) is 68.8 Å². The predicted octanol–water partition coefficient (Wildman–Crippen LogP) is 3.70. The molecule has 0 spiro atoms. The first-order chi connectivity index (χ1) is 14.0. The summed E-state index contributed by atoms with van der Waals surface area (Å²) in [7, 11) is 0. The van der Waals surface area contributed by atoms with E-state index in [1.165, 1.54) is 0 Å². The molecule has 0 aromatic heterocycles. The number of carbonyl (C=O) groups is 2. The highest BCUT2D eigenvalue weighted by Crippen LogP contribution is 2.31. The van der Waals surface area contributed by atoms with Crippen LogP contribution in [0.1, 0.15) is 31.4 Å². The van der Waals surface area contributed by atoms with Crippen LogP contribution in [-0.4, -0.2) is 31.4 Å². The van der Waals surface area contributed by atoms with Crippen LogP contribution in [0.3, 0.4) is 0 Å². The summed E-state index contributed by atoms with van der Waals surface area (Å²) in [4.78, 5) is 29.2. The van der Waals surface area contributed by atoms with Gasteiger partial charge in [-0.3, -0.25) is 9.59 Å². The standard InChI is InChI=1S/C23H26N4O2/c1-4-26(5-2)20-10-11-21(16(3)12-20)27-15-18(13-22(27)28)23(29)25-19-8-6-17(14-24)7-9-19/h6-12,18H,4-5,13,15H2,1-3H3,(H,25,29). The van der Waals surface area contributed by atoms with E-state index in [1.54, 1.807) is 29.2 Å². The van der Waals surface area contributed by atoms with Crippen molar-refractivity contribution < 1.29 is 9.59 Å². The first-order valence-electron chi connectivity index (χ1n) is 9.93. The number of aryl methyl sites for hydroxylation is 1. The van der Waals surface area contributed by atoms with Crippen LogP contribution in [0.15, 0.2) is 42.5 Å². The van der Waals surface area contributed by atoms with Crippen LogP contribution >= 0.6 is 0 Å². The van der Waals surface area contributed by atoms with Gasteiger partial charge in [-0.1, -0.05) is 0 Å². The largest absolute Gasteiger partial charge is 0.372 e. The molecule has 1 atom stereocenters. The average molecular weight is 390 g/mol. The molecule has 150 valence electrons. The molecule has 2 aromatic carbocycles. The van der Waals surface area contributed by atoms with Gasteiger partial charge in [0.25, 0.3) is 0 Å². The Labute approximate surface area is 171 Å². The van der Waals surface area contributed by atoms with E-state index in [0.29, 0.717) is 17.8 Å². The maximum Gasteiger partial charge on any atom is 0.229 e. The van der Waals surface area contributed by atoms with E-state index in [4.69, 9.17) is 5.26 Å². The van der Waals surface area contributed by atoms with Gasteiger partial charge in [0.2, 0.25) is 11.8 Å². The van der Waals surface area contributed by atoms with E-state index in [9.17, 15) is 9.59 Å². The Bertz CT molecular complexity index is 942. The Hall–Kier alpha value is -3.33. The SMILES string of the molecule is CCN(CC)c1ccc(N2CC(C(=O)Nc3ccc(C#N)cc3)CC2=O)c(C)c1. The van der Waals surface area contributed by atoms with Crippen LogP contribution in [0.2, 0.25) is 0 Å². The molecule has 2 aromatic rings. The van der Waals surface area contributed by atoms with Crippen molar-refractivity contribution in [3.8, 4) is 6.07 Å². The van der Waals surface area contributed by atoms with Crippen molar-refractivity contribution in [2.24, 2.45) is 5.92 Å². The maximum absolute atomic E-state index is 12.6. The lowest BCUT2D eigenvalue weighted by Crippen LogP contribution is -2.29. The molecule has 2 amide bonds. The van der Waals surface area contributed by atoms with Gasteiger partial charge in [0.1, 0.15) is 0 Å². The highest BCUT2D eigenvalue weighted by atomic mass is 16.2. The highest BCUT2D eigenvalue weighted by molar-refractivity contribution is 6.04. The number of amides is 2. The Morgan fingerprint density at radius 3 is 2.48 bits per heavy atom. The predicted molar refractivity (Wildman–Crippen MR) is 115 cm³/mol. The number of rotatable bonds is 6. The van der Waals surface area contributed by atoms with Crippen LogP contribution in [0.25, 0.3) is 0 Å². The minimum atomic E-state index is -0.403. The first-order valence-corrected chi connectivity index (χ1v) is 9.93. The number of hydrogen-bond donors (Lipinski definition) is 1. The molecule has 1 saturated heterocycles. The van der Waals surface area contributed by atoms with Crippen LogP contribution in [0.4, 0.5) is 17.1 Å². The minimum Gasteiger partial charge on any atom is -0.372 e. The molecule has 1 aliphatic heterocycles. The molecular weight excluding hydrogens is 364 g/mol. The summed E-state index contributed by atoms with van der Waals surface area (Å²) < 4.78 is 0. The van der Waals surface area contributed by atoms with Gasteiger partial charge in [-0.25, -0.2) is 0 Å². The Morgan fingerprint density at radius 2 is 1.90 bits per heavy atom. The molecule has 3 rings (SSSR count). The first kappa shape index (κ1) is 20.4. The van der Waals surface area contributed by atoms with E-state index in [1.807, 2.05) is 25.1 Å². The van der Waals surface area contributed by atoms with Crippen LogP contribution in [0.5, 0.6) is 0 Å². The lowest BCUT2D eigenvalue weighted by atomic mass is 10.1. The molecule has 6 heteroatoms. The number of nitriles is 1. The molecule has 0 bridgehead atoms. The third-order valence-corrected chi connectivity index (χ3v) is 5.38. The summed E-state index contributed by atoms with van der Waals surface area (Å²) in [5.74, 6) is -0.619. The van der Waals surface area contributed by atoms with Crippen molar-refractivity contribution in [3.05, 3.63) is 53.6 Å². The summed E-state index contributed by atoms with van der Waals surface area (Å²) in [6, 6.07) is 14.9. The summed E-state index contributed by atoms with van der Waals surface area (Å²) in [5.41, 5.74) is 4.18. The molecule has 1 unspecified atom stereocenters. The van der Waals surface area contributed by atoms with Crippen LogP contribution in [0, 0.1) is 24.2 Å². The molecule has 1 fully saturated rings. The average Bonchev–Trinajstić information content (AvgIpc) is 3.11. The second-order valence-corrected chi connectivity index (χ2v) is 7.23. The lowest BCUT2D eigenvalue weighted by molar-refractivity contribution is -0.122. The van der Waals surface area contributed by atoms with Crippen molar-refractivity contribution in [1.82, 2.24) is 0 Å². The summed E-state index contributed by atoms with van der Waals surface area (Å²) in [6.07, 6.45) is 0.194. The number of nitrogens with zero attached hydrogens (tertiary/aromatic N) is 3. The van der Waals surface area contributed by atoms with Gasteiger partial charge < -0.3 is 15.1 Å². The van der Waals surface area contributed by atoms with Crippen molar-refractivity contribution in [1.29, 1.82) is 5.26 Å². The maximum atomic E-state index is 12.6. The quantitative estimate of drug-likeness (QED) is 0.816. The van der Waals surface area contributed by atoms with Crippen LogP contribution < -0.4 is 15.1 Å². The molecular formula is C23H26N4O2. The molecule has 1 heterocycles. The molecule has 1 aliphatic rings. The van der Waals surface area contributed by atoms with Crippen molar-refractivity contribution in [3.63, 3.8) is 0 Å². The van der Waals surface area contributed by atoms with Gasteiger partial charge in [0.15, 0.2) is 0 Å². The smallest absolute Gasteiger partial charge is 0.229 e. The zero-order valence-electron chi connectivity index (χ0n) is 17.1. The number of benzene rings is 2. The molecule has 6 nitrogen and oxygen atoms in total. The number of anilines is 3. The van der Waals surface area contributed by atoms with Crippen molar-refractivity contribution in [2.45, 2.75) is 27.2 Å². The fraction of sp³-hybridized carbons (Fsp3) is 0.348. The van der Waals surface area contributed by atoms with Crippen molar-refractivity contribution in [2.75, 3.05) is 34.8 Å².